The van der Waals surface area contributed by atoms with Crippen molar-refractivity contribution in [1.29, 1.82) is 0 Å². The van der Waals surface area contributed by atoms with Crippen LogP contribution in [0.15, 0.2) is 370 Å². The van der Waals surface area contributed by atoms with Gasteiger partial charge in [0.25, 0.3) is 0 Å². The summed E-state index contributed by atoms with van der Waals surface area (Å²) in [6, 6.07) is 133. The van der Waals surface area contributed by atoms with E-state index in [1.165, 1.54) is 198 Å². The highest BCUT2D eigenvalue weighted by Crippen LogP contribution is 2.51. The van der Waals surface area contributed by atoms with Gasteiger partial charge in [0.2, 0.25) is 0 Å². The van der Waals surface area contributed by atoms with Crippen molar-refractivity contribution in [3.05, 3.63) is 386 Å². The van der Waals surface area contributed by atoms with Crippen molar-refractivity contribution in [3.63, 3.8) is 0 Å². The van der Waals surface area contributed by atoms with Gasteiger partial charge in [-0.2, -0.15) is 0 Å². The Morgan fingerprint density at radius 3 is 1.28 bits per heavy atom. The quantitative estimate of drug-likeness (QED) is 0.111. The molecular formula is C100H64B4N4. The minimum atomic E-state index is 0.172. The summed E-state index contributed by atoms with van der Waals surface area (Å²) < 4.78 is 0. The van der Waals surface area contributed by atoms with E-state index < -0.39 is 0 Å². The third-order valence-corrected chi connectivity index (χ3v) is 24.1. The number of hydrogen-bond donors (Lipinski definition) is 0. The lowest BCUT2D eigenvalue weighted by Crippen LogP contribution is -2.59. The van der Waals surface area contributed by atoms with Crippen LogP contribution in [-0.2, 0) is 0 Å². The average Bonchev–Trinajstić information content (AvgIpc) is 0.725. The number of fused-ring (bicyclic) bond motifs is 34. The van der Waals surface area contributed by atoms with Crippen molar-refractivity contribution >= 4 is 183 Å². The second-order valence-corrected chi connectivity index (χ2v) is 29.6. The van der Waals surface area contributed by atoms with Gasteiger partial charge in [-0.15, -0.1) is 0 Å². The molecule has 26 rings (SSSR count). The van der Waals surface area contributed by atoms with Crippen LogP contribution in [-0.4, -0.2) is 27.4 Å². The Balaban J connectivity index is 0.0000000874. The second-order valence-electron chi connectivity index (χ2n) is 29.6. The van der Waals surface area contributed by atoms with Crippen LogP contribution >= 0.6 is 0 Å². The molecule has 8 heteroatoms. The van der Waals surface area contributed by atoms with Gasteiger partial charge in [0.15, 0.2) is 0 Å². The van der Waals surface area contributed by atoms with E-state index in [4.69, 9.17) is 0 Å². The first kappa shape index (κ1) is 60.8. The third-order valence-electron chi connectivity index (χ3n) is 24.1. The van der Waals surface area contributed by atoms with Crippen LogP contribution in [0.5, 0.6) is 0 Å². The zero-order valence-electron chi connectivity index (χ0n) is 59.0. The highest BCUT2D eigenvalue weighted by molar-refractivity contribution is 6.94. The Kier molecular flexibility index (Phi) is 13.5. The zero-order chi connectivity index (χ0) is 70.7. The summed E-state index contributed by atoms with van der Waals surface area (Å²) in [4.78, 5) is 10.1. The molecule has 4 nitrogen and oxygen atoms in total. The molecule has 0 fully saturated rings. The summed E-state index contributed by atoms with van der Waals surface area (Å²) in [5, 5.41) is 18.7. The van der Waals surface area contributed by atoms with Crippen molar-refractivity contribution in [2.75, 3.05) is 19.2 Å². The molecule has 108 heavy (non-hydrogen) atoms. The van der Waals surface area contributed by atoms with Crippen LogP contribution in [0.2, 0.25) is 0 Å². The van der Waals surface area contributed by atoms with E-state index in [0.717, 1.165) is 0 Å². The van der Waals surface area contributed by atoms with Crippen LogP contribution < -0.4 is 62.5 Å². The molecule has 18 aromatic carbocycles. The summed E-state index contributed by atoms with van der Waals surface area (Å²) in [5.41, 5.74) is 29.3. The van der Waals surface area contributed by atoms with Crippen LogP contribution in [0.25, 0.3) is 127 Å². The minimum absolute atomic E-state index is 0.172. The summed E-state index contributed by atoms with van der Waals surface area (Å²) in [7, 11) is 0. The first-order chi connectivity index (χ1) is 53.6. The minimum Gasteiger partial charge on any atom is -0.382 e. The SMILES string of the molecule is C1=Cc2ccccc2N2B1c1cccc3ccc4cccc2c4c13.C1=c2ccccc2=CN2B1c1cccc3ccc4cccc2c4c13.c1ccc2c(c1)B1c3ccccc3-c3cc4ccccc4cc3N1c1ccccc1-2.c1ccc2c(c1)B1c3ccccc3-c3ccc4ccccc4c3N1c1ccccc1-2. The molecule has 496 valence electrons. The predicted octanol–water partition coefficient (Wildman–Crippen LogP) is 19.2. The van der Waals surface area contributed by atoms with Gasteiger partial charge in [0.1, 0.15) is 0 Å². The molecule has 18 aromatic rings. The van der Waals surface area contributed by atoms with Gasteiger partial charge in [-0.3, -0.25) is 0 Å². The highest BCUT2D eigenvalue weighted by Gasteiger charge is 2.45. The Morgan fingerprint density at radius 2 is 0.639 bits per heavy atom. The first-order valence-electron chi connectivity index (χ1n) is 37.8. The highest BCUT2D eigenvalue weighted by atomic mass is 15.1. The van der Waals surface area contributed by atoms with Crippen LogP contribution in [0.3, 0.4) is 0 Å². The van der Waals surface area contributed by atoms with E-state index >= 15 is 0 Å². The Bertz CT molecular complexity index is 6920. The normalized spacial score (nSPS) is 13.7. The first-order valence-corrected chi connectivity index (χ1v) is 37.8. The summed E-state index contributed by atoms with van der Waals surface area (Å²) >= 11 is 0. The molecule has 8 heterocycles. The maximum atomic E-state index is 2.58. The maximum absolute atomic E-state index is 2.58. The van der Waals surface area contributed by atoms with Gasteiger partial charge in [0.05, 0.1) is 0 Å². The van der Waals surface area contributed by atoms with Crippen molar-refractivity contribution < 1.29 is 0 Å². The summed E-state index contributed by atoms with van der Waals surface area (Å²) in [6.45, 7) is 0.889. The number of para-hydroxylation sites is 3. The van der Waals surface area contributed by atoms with E-state index in [1.807, 2.05) is 0 Å². The molecule has 8 aliphatic rings. The predicted molar refractivity (Wildman–Crippen MR) is 465 cm³/mol. The van der Waals surface area contributed by atoms with Gasteiger partial charge >= 0.3 is 27.4 Å². The van der Waals surface area contributed by atoms with Crippen molar-refractivity contribution in [3.8, 4) is 44.5 Å². The lowest BCUT2D eigenvalue weighted by molar-refractivity contribution is 1.36. The van der Waals surface area contributed by atoms with E-state index in [0.29, 0.717) is 0 Å². The zero-order valence-corrected chi connectivity index (χ0v) is 59.0. The number of anilines is 7. The maximum Gasteiger partial charge on any atom is 0.329 e. The molecule has 8 aliphatic heterocycles. The Hall–Kier alpha value is -13.5. The van der Waals surface area contributed by atoms with Crippen molar-refractivity contribution in [2.45, 2.75) is 0 Å². The fourth-order valence-electron chi connectivity index (χ4n) is 19.6. The summed E-state index contributed by atoms with van der Waals surface area (Å²) in [5.74, 6) is 4.74. The van der Waals surface area contributed by atoms with Gasteiger partial charge in [0, 0.05) is 78.2 Å². The van der Waals surface area contributed by atoms with E-state index in [1.54, 1.807) is 0 Å². The second kappa shape index (κ2) is 24.0. The molecule has 0 saturated heterocycles. The molecule has 0 saturated carbocycles. The van der Waals surface area contributed by atoms with Gasteiger partial charge in [-0.25, -0.2) is 0 Å². The molecule has 0 bridgehead atoms. The van der Waals surface area contributed by atoms with Gasteiger partial charge < -0.3 is 19.2 Å². The third kappa shape index (κ3) is 9.04. The number of benzene rings is 18. The number of nitrogens with zero attached hydrogens (tertiary/aromatic N) is 4. The molecule has 0 spiro atoms. The number of hydrogen-bond acceptors (Lipinski definition) is 4. The molecular weight excluding hydrogens is 1300 g/mol. The standard InChI is InChI=1S/2C28H18BN.2C22H14BN/c1-2-10-20-18-28-24(17-19(20)9-1)22-12-4-7-15-26(22)29-25-14-6-3-11-21(25)23-13-5-8-16-27(23)30(28)29;1-2-10-20-19(9-1)17-18-24-22-12-4-7-15-26(22)29-25-14-6-3-11-21(25)23-13-5-8-16-27(23)30(29)28(20)24;1-2-9-19-15(5-1)13-14-23-18-8-3-6-16-11-12-17-7-4-10-20(24(19)23)22(17)21(16)18;1-2-6-18-14-24-20-10-4-8-16-12-11-15-7-3-9-19(21(15)22(16)20)23(24)13-17(18)5-1/h2*1-18H;2*1-14H. The van der Waals surface area contributed by atoms with E-state index in [-0.39, 0.29) is 27.4 Å². The summed E-state index contributed by atoms with van der Waals surface area (Å²) in [6.07, 6.45) is 4.58. The van der Waals surface area contributed by atoms with Crippen molar-refractivity contribution in [1.82, 2.24) is 0 Å². The molecule has 0 atom stereocenters. The van der Waals surface area contributed by atoms with Crippen LogP contribution in [0.1, 0.15) is 5.56 Å². The Labute approximate surface area is 628 Å². The molecule has 0 N–H and O–H groups in total. The molecule has 0 radical (unpaired) electrons. The Morgan fingerprint density at radius 1 is 0.222 bits per heavy atom. The average molecular weight is 1360 g/mol. The van der Waals surface area contributed by atoms with Crippen LogP contribution in [0, 0.1) is 0 Å². The molecule has 0 aliphatic carbocycles. The van der Waals surface area contributed by atoms with Gasteiger partial charge in [-0.1, -0.05) is 340 Å². The molecule has 0 unspecified atom stereocenters. The van der Waals surface area contributed by atoms with Crippen molar-refractivity contribution in [2.24, 2.45) is 0 Å². The number of rotatable bonds is 0. The topological polar surface area (TPSA) is 13.0 Å². The lowest BCUT2D eigenvalue weighted by Gasteiger charge is -2.43. The smallest absolute Gasteiger partial charge is 0.329 e. The van der Waals surface area contributed by atoms with Gasteiger partial charge in [-0.05, 0) is 168 Å². The molecule has 0 aromatic heterocycles. The largest absolute Gasteiger partial charge is 0.382 e. The van der Waals surface area contributed by atoms with E-state index in [2.05, 4.69) is 407 Å². The van der Waals surface area contributed by atoms with E-state index in [9.17, 15) is 0 Å². The fraction of sp³-hybridized carbons (Fsp3) is 0. The fourth-order valence-corrected chi connectivity index (χ4v) is 19.6. The lowest BCUT2D eigenvalue weighted by atomic mass is 9.43. The monoisotopic (exact) mass is 1360 g/mol. The molecule has 0 amide bonds. The van der Waals surface area contributed by atoms with Crippen LogP contribution in [0.4, 0.5) is 39.8 Å².